The maximum Gasteiger partial charge on any atom is 2.00 e. The Labute approximate surface area is 627 Å². The van der Waals surface area contributed by atoms with E-state index in [2.05, 4.69) is 27.8 Å². The number of hydrogen-bond acceptors (Lipinski definition) is 16. The van der Waals surface area contributed by atoms with Crippen molar-refractivity contribution in [1.82, 2.24) is 14.7 Å². The second kappa shape index (κ2) is 61.7. The second-order valence-corrected chi connectivity index (χ2v) is 29.4. The van der Waals surface area contributed by atoms with Gasteiger partial charge < -0.3 is 87.6 Å². The number of carbonyl (C=O) groups excluding carboxylic acids is 7. The molecule has 586 valence electrons. The van der Waals surface area contributed by atoms with Gasteiger partial charge in [-0.25, -0.2) is 24.0 Å². The van der Waals surface area contributed by atoms with Crippen LogP contribution in [0.4, 0.5) is 37.1 Å². The minimum absolute atomic E-state index is 0. The summed E-state index contributed by atoms with van der Waals surface area (Å²) in [7, 11) is 2.25. The zero-order chi connectivity index (χ0) is 71.5. The Morgan fingerprint density at radius 2 is 0.765 bits per heavy atom. The van der Waals surface area contributed by atoms with Crippen LogP contribution >= 0.6 is 9.24 Å². The number of likely N-dealkylation sites (tertiary alicyclic amines) is 3. The fraction of sp³-hybridized carbons (Fsp3) is 0.890. The van der Waals surface area contributed by atoms with Crippen LogP contribution in [-0.4, -0.2) is 196 Å². The van der Waals surface area contributed by atoms with Crippen LogP contribution in [0, 0.1) is 42.9 Å². The van der Waals surface area contributed by atoms with Crippen molar-refractivity contribution >= 4 is 75.5 Å². The Kier molecular flexibility index (Phi) is 71.6. The van der Waals surface area contributed by atoms with Gasteiger partial charge >= 0.3 is 59.8 Å². The summed E-state index contributed by atoms with van der Waals surface area (Å²) in [4.78, 5) is 82.5. The van der Waals surface area contributed by atoms with Gasteiger partial charge in [-0.05, 0) is 205 Å². The molecule has 5 aliphatic rings. The van der Waals surface area contributed by atoms with Crippen LogP contribution in [0.3, 0.4) is 0 Å². The standard InChI is InChI=1S/C14H27NO2.C12H23NO3.C12H21NO3.C10H18O5.C9H18O.C8H16O.C2HF3O.CH5P.4CH4.CH3.BrH.Mg/c1-11(2)12-8-6-7-9-15(10-12)13(16)17-14(3,4)5;2*1-12(2,3)16-11(15)13-7-5-4-6-10(8-13)9-14;1-9(2,3)14-7(11)13-8(12)15-10(4,5)6;1-8(10)9-6-4-2-3-5-7-9;9-7-8-5-3-1-2-4-6-8;3-2(4,5)1-6;1-2;;;;;;;/h11-12H,6-10H2,1-5H3;10,14H,4-9H2,1-3H3;9-10H,4-8H2,1-3H3;1-6H3;8-10H,2-7H2,1H3;8-9H,1-7H2;1H;2H2,1H3;4*1H4;1H3;1H;/q;;;;;;;;;;;;-1;;+2/p-1/i;;;;;;;1D;;;;;;;. The Morgan fingerprint density at radius 3 is 1.06 bits per heavy atom. The number of aliphatic hydroxyl groups is 3. The number of halogens is 4. The summed E-state index contributed by atoms with van der Waals surface area (Å²) in [5.74, 6) is 2.66. The summed E-state index contributed by atoms with van der Waals surface area (Å²) in [5.41, 5.74) is -2.70. The molecule has 0 radical (unpaired) electrons. The summed E-state index contributed by atoms with van der Waals surface area (Å²) >= 11 is 0. The van der Waals surface area contributed by atoms with Crippen LogP contribution in [0.15, 0.2) is 0 Å². The SMILES string of the molecule is C.C.C.C.CC(C)(C)OC(=O)N1CCCCC(C=O)C1.CC(C)(C)OC(=O)N1CCCCC(CO)C1.CC(C)(C)OC(=O)OC(=O)OC(C)(C)C.CC(C)C1CCCCN(C(=O)OC(C)(C)C)C1.CC(O)C1CCCCCC1.O=CC(F)(F)F.OCC1CCCCCC1.[2H]CP.[Br-].[CH3-].[Mg+2]. The number of alkyl halides is 3. The Balaban J connectivity index is -0.000000116. The fourth-order valence-corrected chi connectivity index (χ4v) is 9.81. The van der Waals surface area contributed by atoms with Gasteiger partial charge in [0.1, 0.15) is 34.3 Å². The first-order valence-electron chi connectivity index (χ1n) is 34.0. The van der Waals surface area contributed by atoms with Crippen molar-refractivity contribution in [3.05, 3.63) is 7.43 Å². The minimum Gasteiger partial charge on any atom is -1.00 e. The molecule has 25 heteroatoms. The number of aliphatic hydroxyl groups excluding tert-OH is 3. The van der Waals surface area contributed by atoms with Crippen molar-refractivity contribution in [1.29, 1.82) is 0 Å². The molecule has 98 heavy (non-hydrogen) atoms. The number of nitrogens with zero attached hydrogens (tertiary/aromatic N) is 3. The van der Waals surface area contributed by atoms with Crippen LogP contribution in [0.5, 0.6) is 0 Å². The van der Waals surface area contributed by atoms with Crippen LogP contribution in [-0.2, 0) is 38.0 Å². The first kappa shape index (κ1) is 114. The van der Waals surface area contributed by atoms with E-state index in [1.807, 2.05) is 74.1 Å². The number of rotatable bonds is 5. The predicted octanol–water partition coefficient (Wildman–Crippen LogP) is 15.9. The largest absolute Gasteiger partial charge is 2.00 e. The number of carbonyl (C=O) groups is 7. The van der Waals surface area contributed by atoms with E-state index in [0.29, 0.717) is 56.6 Å². The van der Waals surface area contributed by atoms with E-state index in [-0.39, 0.29) is 120 Å². The monoisotopic (exact) mass is 1510 g/mol. The van der Waals surface area contributed by atoms with Crippen molar-refractivity contribution in [3.8, 4) is 0 Å². The molecule has 0 spiro atoms. The quantitative estimate of drug-likeness (QED) is 0.0338. The van der Waals surface area contributed by atoms with Crippen LogP contribution in [0.1, 0.15) is 291 Å². The van der Waals surface area contributed by atoms with Crippen molar-refractivity contribution in [3.63, 3.8) is 0 Å². The van der Waals surface area contributed by atoms with Gasteiger partial charge in [0.15, 0.2) is 0 Å². The second-order valence-electron chi connectivity index (χ2n) is 29.4. The molecule has 2 saturated carbocycles. The molecule has 0 aromatic heterocycles. The summed E-state index contributed by atoms with van der Waals surface area (Å²) in [6, 6.07) is 0. The maximum atomic E-state index is 12.0. The summed E-state index contributed by atoms with van der Waals surface area (Å²) in [6.45, 7) is 38.6. The average Bonchev–Trinajstić information content (AvgIpc) is 1.87. The molecule has 3 heterocycles. The van der Waals surface area contributed by atoms with Gasteiger partial charge in [-0.15, -0.1) is 9.24 Å². The number of amides is 3. The molecule has 19 nitrogen and oxygen atoms in total. The van der Waals surface area contributed by atoms with Gasteiger partial charge in [-0.2, -0.15) is 13.2 Å². The van der Waals surface area contributed by atoms with E-state index in [0.717, 1.165) is 70.9 Å². The molecule has 0 aromatic rings. The Bertz CT molecular complexity index is 1970. The molecule has 3 amide bonds. The third-order valence-corrected chi connectivity index (χ3v) is 14.4. The summed E-state index contributed by atoms with van der Waals surface area (Å²) < 4.78 is 67.3. The average molecular weight is 1520 g/mol. The molecule has 0 bridgehead atoms. The van der Waals surface area contributed by atoms with Crippen LogP contribution in [0.2, 0.25) is 0 Å². The van der Waals surface area contributed by atoms with E-state index < -0.39 is 52.8 Å². The molecular formula is C73H148BrF3MgN3O16P. The molecule has 5 unspecified atom stereocenters. The van der Waals surface area contributed by atoms with E-state index >= 15 is 0 Å². The number of aldehydes is 2. The number of ether oxygens (including phenoxy) is 6. The topological polar surface area (TPSA) is 245 Å². The van der Waals surface area contributed by atoms with Crippen LogP contribution in [0.25, 0.3) is 0 Å². The van der Waals surface area contributed by atoms with Crippen molar-refractivity contribution in [2.75, 3.05) is 59.1 Å². The first-order valence-corrected chi connectivity index (χ1v) is 34.1. The van der Waals surface area contributed by atoms with Crippen molar-refractivity contribution in [2.24, 2.45) is 35.5 Å². The molecule has 3 saturated heterocycles. The summed E-state index contributed by atoms with van der Waals surface area (Å²) in [6.07, 6.45) is 17.7. The molecule has 5 fully saturated rings. The van der Waals surface area contributed by atoms with Crippen molar-refractivity contribution < 1.29 is 109 Å². The smallest absolute Gasteiger partial charge is 1.00 e. The van der Waals surface area contributed by atoms with Gasteiger partial charge in [0.05, 0.1) is 6.10 Å². The molecule has 2 aliphatic carbocycles. The van der Waals surface area contributed by atoms with E-state index in [1.54, 1.807) is 51.3 Å². The van der Waals surface area contributed by atoms with E-state index in [4.69, 9.17) is 40.1 Å². The van der Waals surface area contributed by atoms with Gasteiger partial charge in [0, 0.05) is 59.8 Å². The third-order valence-electron chi connectivity index (χ3n) is 14.4. The molecule has 5 rings (SSSR count). The van der Waals surface area contributed by atoms with Gasteiger partial charge in [-0.3, -0.25) is 4.79 Å². The van der Waals surface area contributed by atoms with Gasteiger partial charge in [0.2, 0.25) is 6.29 Å². The van der Waals surface area contributed by atoms with Gasteiger partial charge in [-0.1, -0.05) is 121 Å². The Morgan fingerprint density at radius 1 is 0.490 bits per heavy atom. The van der Waals surface area contributed by atoms with E-state index in [9.17, 15) is 47.0 Å². The molecule has 3 N–H and O–H groups in total. The molecule has 0 aromatic carbocycles. The zero-order valence-electron chi connectivity index (χ0n) is 62.7. The number of hydrogen-bond donors (Lipinski definition) is 3. The Hall–Kier alpha value is -2.76. The minimum atomic E-state index is -4.64. The van der Waals surface area contributed by atoms with Crippen LogP contribution < -0.4 is 17.0 Å². The third kappa shape index (κ3) is 70.3. The molecule has 3 aliphatic heterocycles. The zero-order valence-corrected chi connectivity index (χ0v) is 65.9. The summed E-state index contributed by atoms with van der Waals surface area (Å²) in [5, 5.41) is 27.3. The van der Waals surface area contributed by atoms with Crippen molar-refractivity contribution in [2.45, 2.75) is 329 Å². The first-order chi connectivity index (χ1) is 42.3. The van der Waals surface area contributed by atoms with Gasteiger partial charge in [0.25, 0.3) is 0 Å². The molecule has 5 atom stereocenters. The molecular weight excluding hydrogens is 1370 g/mol. The normalized spacial score (nSPS) is 18.8. The van der Waals surface area contributed by atoms with E-state index in [1.165, 1.54) is 89.9 Å². The predicted molar refractivity (Wildman–Crippen MR) is 395 cm³/mol. The maximum absolute atomic E-state index is 12.0. The fourth-order valence-electron chi connectivity index (χ4n) is 9.81.